The Bertz CT molecular complexity index is 1020. The number of halogens is 1. The maximum atomic E-state index is 13.0. The van der Waals surface area contributed by atoms with Crippen LogP contribution in [0.1, 0.15) is 28.8 Å². The second kappa shape index (κ2) is 8.66. The first kappa shape index (κ1) is 19.5. The van der Waals surface area contributed by atoms with Gasteiger partial charge in [-0.05, 0) is 47.4 Å². The minimum atomic E-state index is 0.00570. The van der Waals surface area contributed by atoms with Gasteiger partial charge in [0, 0.05) is 29.7 Å². The quantitative estimate of drug-likeness (QED) is 0.695. The molecule has 0 aliphatic carbocycles. The minimum Gasteiger partial charge on any atom is -0.353 e. The number of likely N-dealkylation sites (tertiary alicyclic amines) is 1. The number of nitrogens with one attached hydrogen (secondary N) is 1. The first-order valence-electron chi connectivity index (χ1n) is 9.91. The van der Waals surface area contributed by atoms with Gasteiger partial charge in [-0.2, -0.15) is 0 Å². The van der Waals surface area contributed by atoms with Gasteiger partial charge in [0.1, 0.15) is 0 Å². The van der Waals surface area contributed by atoms with E-state index in [0.717, 1.165) is 34.7 Å². The first-order valence-corrected chi connectivity index (χ1v) is 10.3. The van der Waals surface area contributed by atoms with Crippen LogP contribution in [0.4, 0.5) is 0 Å². The standard InChI is InChI=1S/C24H23ClN2O2/c25-19-10-8-17(9-11-19)16-23(28)26-20-12-14-27(15-13-20)24(29)22-7-3-5-18-4-1-2-6-21(18)22/h1-11,20H,12-16H2,(H,26,28). The average molecular weight is 407 g/mol. The number of benzene rings is 3. The lowest BCUT2D eigenvalue weighted by molar-refractivity contribution is -0.121. The molecular formula is C24H23ClN2O2. The van der Waals surface area contributed by atoms with Gasteiger partial charge in [0.15, 0.2) is 0 Å². The molecule has 1 N–H and O–H groups in total. The van der Waals surface area contributed by atoms with Gasteiger partial charge in [0.05, 0.1) is 6.42 Å². The van der Waals surface area contributed by atoms with Crippen LogP contribution < -0.4 is 5.32 Å². The van der Waals surface area contributed by atoms with E-state index in [1.807, 2.05) is 59.5 Å². The van der Waals surface area contributed by atoms with Gasteiger partial charge in [-0.3, -0.25) is 9.59 Å². The molecule has 0 atom stereocenters. The van der Waals surface area contributed by atoms with Gasteiger partial charge >= 0.3 is 0 Å². The van der Waals surface area contributed by atoms with Gasteiger partial charge in [0.25, 0.3) is 5.91 Å². The lowest BCUT2D eigenvalue weighted by Crippen LogP contribution is -2.46. The summed E-state index contributed by atoms with van der Waals surface area (Å²) >= 11 is 5.89. The second-order valence-corrected chi connectivity index (χ2v) is 7.90. The van der Waals surface area contributed by atoms with Crippen LogP contribution in [-0.2, 0) is 11.2 Å². The van der Waals surface area contributed by atoms with Crippen molar-refractivity contribution in [2.45, 2.75) is 25.3 Å². The van der Waals surface area contributed by atoms with Gasteiger partial charge < -0.3 is 10.2 Å². The molecule has 0 aromatic heterocycles. The summed E-state index contributed by atoms with van der Waals surface area (Å²) < 4.78 is 0. The van der Waals surface area contributed by atoms with Crippen molar-refractivity contribution in [3.63, 3.8) is 0 Å². The summed E-state index contributed by atoms with van der Waals surface area (Å²) in [5.41, 5.74) is 1.68. The zero-order valence-corrected chi connectivity index (χ0v) is 16.9. The molecule has 1 saturated heterocycles. The lowest BCUT2D eigenvalue weighted by atomic mass is 10.0. The van der Waals surface area contributed by atoms with E-state index >= 15 is 0 Å². The third-order valence-corrected chi connectivity index (χ3v) is 5.70. The number of hydrogen-bond donors (Lipinski definition) is 1. The number of carbonyl (C=O) groups is 2. The van der Waals surface area contributed by atoms with E-state index in [1.165, 1.54) is 0 Å². The van der Waals surface area contributed by atoms with E-state index in [0.29, 0.717) is 24.5 Å². The molecular weight excluding hydrogens is 384 g/mol. The monoisotopic (exact) mass is 406 g/mol. The van der Waals surface area contributed by atoms with Crippen molar-refractivity contribution in [3.8, 4) is 0 Å². The third-order valence-electron chi connectivity index (χ3n) is 5.45. The molecule has 0 spiro atoms. The van der Waals surface area contributed by atoms with E-state index < -0.39 is 0 Å². The Morgan fingerprint density at radius 2 is 1.62 bits per heavy atom. The largest absolute Gasteiger partial charge is 0.353 e. The number of piperidine rings is 1. The summed E-state index contributed by atoms with van der Waals surface area (Å²) in [6.45, 7) is 1.29. The van der Waals surface area contributed by atoms with Crippen molar-refractivity contribution in [1.82, 2.24) is 10.2 Å². The molecule has 3 aromatic rings. The predicted molar refractivity (Wildman–Crippen MR) is 116 cm³/mol. The van der Waals surface area contributed by atoms with Crippen LogP contribution in [0, 0.1) is 0 Å². The Kier molecular flexibility index (Phi) is 5.81. The topological polar surface area (TPSA) is 49.4 Å². The molecule has 5 heteroatoms. The van der Waals surface area contributed by atoms with Crippen LogP contribution in [0.5, 0.6) is 0 Å². The summed E-state index contributed by atoms with van der Waals surface area (Å²) in [7, 11) is 0. The highest BCUT2D eigenvalue weighted by Gasteiger charge is 2.25. The molecule has 1 fully saturated rings. The number of hydrogen-bond acceptors (Lipinski definition) is 2. The molecule has 3 aromatic carbocycles. The molecule has 0 saturated carbocycles. The number of rotatable bonds is 4. The van der Waals surface area contributed by atoms with Gasteiger partial charge in [-0.25, -0.2) is 0 Å². The number of carbonyl (C=O) groups excluding carboxylic acids is 2. The summed E-state index contributed by atoms with van der Waals surface area (Å²) in [5.74, 6) is 0.0684. The Morgan fingerprint density at radius 1 is 0.931 bits per heavy atom. The van der Waals surface area contributed by atoms with E-state index in [2.05, 4.69) is 5.32 Å². The smallest absolute Gasteiger partial charge is 0.254 e. The first-order chi connectivity index (χ1) is 14.1. The van der Waals surface area contributed by atoms with E-state index in [9.17, 15) is 9.59 Å². The normalized spacial score (nSPS) is 14.7. The number of fused-ring (bicyclic) bond motifs is 1. The van der Waals surface area contributed by atoms with Crippen LogP contribution in [0.15, 0.2) is 66.7 Å². The van der Waals surface area contributed by atoms with Gasteiger partial charge in [-0.15, -0.1) is 0 Å². The Balaban J connectivity index is 1.33. The Morgan fingerprint density at radius 3 is 2.38 bits per heavy atom. The van der Waals surface area contributed by atoms with Gasteiger partial charge in [0.2, 0.25) is 5.91 Å². The van der Waals surface area contributed by atoms with Crippen molar-refractivity contribution in [2.75, 3.05) is 13.1 Å². The van der Waals surface area contributed by atoms with Crippen LogP contribution in [-0.4, -0.2) is 35.8 Å². The molecule has 2 amide bonds. The molecule has 0 radical (unpaired) electrons. The number of nitrogens with zero attached hydrogens (tertiary/aromatic N) is 1. The molecule has 1 heterocycles. The van der Waals surface area contributed by atoms with Crippen molar-refractivity contribution < 1.29 is 9.59 Å². The van der Waals surface area contributed by atoms with Crippen molar-refractivity contribution in [3.05, 3.63) is 82.9 Å². The van der Waals surface area contributed by atoms with Crippen LogP contribution in [0.3, 0.4) is 0 Å². The average Bonchev–Trinajstić information content (AvgIpc) is 2.75. The molecule has 4 nitrogen and oxygen atoms in total. The zero-order valence-electron chi connectivity index (χ0n) is 16.1. The molecule has 0 unspecified atom stereocenters. The highest BCUT2D eigenvalue weighted by molar-refractivity contribution is 6.30. The molecule has 148 valence electrons. The third kappa shape index (κ3) is 4.60. The zero-order chi connectivity index (χ0) is 20.2. The van der Waals surface area contributed by atoms with Crippen molar-refractivity contribution in [1.29, 1.82) is 0 Å². The molecule has 1 aliphatic heterocycles. The summed E-state index contributed by atoms with van der Waals surface area (Å²) in [6.07, 6.45) is 1.87. The minimum absolute atomic E-state index is 0.00570. The summed E-state index contributed by atoms with van der Waals surface area (Å²) in [4.78, 5) is 27.3. The van der Waals surface area contributed by atoms with Crippen LogP contribution in [0.2, 0.25) is 5.02 Å². The fourth-order valence-electron chi connectivity index (χ4n) is 3.88. The van der Waals surface area contributed by atoms with Crippen LogP contribution >= 0.6 is 11.6 Å². The second-order valence-electron chi connectivity index (χ2n) is 7.46. The highest BCUT2D eigenvalue weighted by Crippen LogP contribution is 2.22. The predicted octanol–water partition coefficient (Wildman–Crippen LogP) is 4.46. The van der Waals surface area contributed by atoms with Crippen molar-refractivity contribution in [2.24, 2.45) is 0 Å². The molecule has 4 rings (SSSR count). The molecule has 0 bridgehead atoms. The Labute approximate surface area is 175 Å². The summed E-state index contributed by atoms with van der Waals surface area (Å²) in [5, 5.41) is 5.82. The lowest BCUT2D eigenvalue weighted by Gasteiger charge is -2.32. The maximum Gasteiger partial charge on any atom is 0.254 e. The van der Waals surface area contributed by atoms with E-state index in [4.69, 9.17) is 11.6 Å². The van der Waals surface area contributed by atoms with Crippen LogP contribution in [0.25, 0.3) is 10.8 Å². The number of amides is 2. The fraction of sp³-hybridized carbons (Fsp3) is 0.250. The summed E-state index contributed by atoms with van der Waals surface area (Å²) in [6, 6.07) is 21.2. The van der Waals surface area contributed by atoms with E-state index in [1.54, 1.807) is 12.1 Å². The van der Waals surface area contributed by atoms with Gasteiger partial charge in [-0.1, -0.05) is 60.1 Å². The fourth-order valence-corrected chi connectivity index (χ4v) is 4.00. The van der Waals surface area contributed by atoms with Crippen molar-refractivity contribution >= 4 is 34.2 Å². The Hall–Kier alpha value is -2.85. The molecule has 29 heavy (non-hydrogen) atoms. The molecule has 1 aliphatic rings. The maximum absolute atomic E-state index is 13.0. The SMILES string of the molecule is O=C(Cc1ccc(Cl)cc1)NC1CCN(C(=O)c2cccc3ccccc23)CC1. The van der Waals surface area contributed by atoms with E-state index in [-0.39, 0.29) is 17.9 Å². The highest BCUT2D eigenvalue weighted by atomic mass is 35.5.